The molecule has 0 radical (unpaired) electrons. The molecule has 1 N–H and O–H groups in total. The van der Waals surface area contributed by atoms with E-state index in [2.05, 4.69) is 16.1 Å². The molecule has 0 aliphatic heterocycles. The number of carbonyl (C=O) groups is 1. The fourth-order valence-electron chi connectivity index (χ4n) is 2.82. The minimum Gasteiger partial charge on any atom is -0.435 e. The van der Waals surface area contributed by atoms with Gasteiger partial charge in [-0.2, -0.15) is 14.0 Å². The SMILES string of the molecule is N#CC(c1ccccc1)c1ccc(NC(=O)c2cccc(OC(F)F)c2)cc1Cl. The van der Waals surface area contributed by atoms with Crippen LogP contribution in [0.25, 0.3) is 0 Å². The Hall–Kier alpha value is -3.43. The Morgan fingerprint density at radius 3 is 2.45 bits per heavy atom. The lowest BCUT2D eigenvalue weighted by molar-refractivity contribution is -0.0498. The van der Waals surface area contributed by atoms with Gasteiger partial charge in [0.25, 0.3) is 5.91 Å². The van der Waals surface area contributed by atoms with Gasteiger partial charge in [0.1, 0.15) is 5.75 Å². The summed E-state index contributed by atoms with van der Waals surface area (Å²) >= 11 is 6.36. The monoisotopic (exact) mass is 412 g/mol. The highest BCUT2D eigenvalue weighted by Gasteiger charge is 2.17. The number of nitriles is 1. The Kier molecular flexibility index (Phi) is 6.43. The predicted octanol–water partition coefficient (Wildman–Crippen LogP) is 5.85. The lowest BCUT2D eigenvalue weighted by Gasteiger charge is -2.14. The average molecular weight is 413 g/mol. The Bertz CT molecular complexity index is 1050. The van der Waals surface area contributed by atoms with Crippen molar-refractivity contribution < 1.29 is 18.3 Å². The topological polar surface area (TPSA) is 62.1 Å². The smallest absolute Gasteiger partial charge is 0.387 e. The van der Waals surface area contributed by atoms with Crippen molar-refractivity contribution in [2.24, 2.45) is 0 Å². The summed E-state index contributed by atoms with van der Waals surface area (Å²) in [6.07, 6.45) is 0. The van der Waals surface area contributed by atoms with Crippen LogP contribution in [0.5, 0.6) is 5.75 Å². The molecule has 3 aromatic rings. The second kappa shape index (κ2) is 9.18. The van der Waals surface area contributed by atoms with Crippen molar-refractivity contribution in [3.8, 4) is 11.8 Å². The molecule has 3 aromatic carbocycles. The first-order chi connectivity index (χ1) is 14.0. The van der Waals surface area contributed by atoms with Gasteiger partial charge in [0, 0.05) is 16.3 Å². The number of hydrogen-bond acceptors (Lipinski definition) is 3. The molecule has 0 saturated carbocycles. The first-order valence-electron chi connectivity index (χ1n) is 8.58. The average Bonchev–Trinajstić information content (AvgIpc) is 2.70. The number of anilines is 1. The molecule has 3 rings (SSSR count). The molecule has 1 unspecified atom stereocenters. The Balaban J connectivity index is 1.79. The van der Waals surface area contributed by atoms with E-state index in [9.17, 15) is 18.8 Å². The fraction of sp³-hybridized carbons (Fsp3) is 0.0909. The number of carbonyl (C=O) groups excluding carboxylic acids is 1. The summed E-state index contributed by atoms with van der Waals surface area (Å²) in [5.41, 5.74) is 1.99. The molecule has 0 saturated heterocycles. The number of hydrogen-bond donors (Lipinski definition) is 1. The second-order valence-electron chi connectivity index (χ2n) is 6.07. The summed E-state index contributed by atoms with van der Waals surface area (Å²) < 4.78 is 29.0. The third-order valence-corrected chi connectivity index (χ3v) is 4.48. The van der Waals surface area contributed by atoms with Crippen LogP contribution in [0.3, 0.4) is 0 Å². The number of benzene rings is 3. The summed E-state index contributed by atoms with van der Waals surface area (Å²) in [6.45, 7) is -2.97. The van der Waals surface area contributed by atoms with Gasteiger partial charge in [0.2, 0.25) is 0 Å². The first-order valence-corrected chi connectivity index (χ1v) is 8.96. The van der Waals surface area contributed by atoms with Crippen molar-refractivity contribution in [3.63, 3.8) is 0 Å². The third kappa shape index (κ3) is 5.09. The number of alkyl halides is 2. The summed E-state index contributed by atoms with van der Waals surface area (Å²) in [7, 11) is 0. The van der Waals surface area contributed by atoms with Gasteiger partial charge in [0.15, 0.2) is 0 Å². The lowest BCUT2D eigenvalue weighted by atomic mass is 9.92. The van der Waals surface area contributed by atoms with Gasteiger partial charge in [-0.3, -0.25) is 4.79 Å². The number of rotatable bonds is 6. The summed E-state index contributed by atoms with van der Waals surface area (Å²) in [5.74, 6) is -1.16. The molecule has 0 fully saturated rings. The molecule has 1 amide bonds. The number of nitrogens with zero attached hydrogens (tertiary/aromatic N) is 1. The van der Waals surface area contributed by atoms with E-state index in [-0.39, 0.29) is 11.3 Å². The molecular weight excluding hydrogens is 398 g/mol. The van der Waals surface area contributed by atoms with Gasteiger partial charge in [-0.25, -0.2) is 0 Å². The molecule has 0 spiro atoms. The Labute approximate surface area is 171 Å². The van der Waals surface area contributed by atoms with E-state index in [0.29, 0.717) is 16.3 Å². The van der Waals surface area contributed by atoms with Crippen LogP contribution in [0.15, 0.2) is 72.8 Å². The maximum Gasteiger partial charge on any atom is 0.387 e. The van der Waals surface area contributed by atoms with Crippen LogP contribution >= 0.6 is 11.6 Å². The zero-order valence-corrected chi connectivity index (χ0v) is 15.7. The van der Waals surface area contributed by atoms with Gasteiger partial charge in [-0.05, 0) is 41.5 Å². The van der Waals surface area contributed by atoms with Gasteiger partial charge in [0.05, 0.1) is 12.0 Å². The molecule has 0 bridgehead atoms. The normalized spacial score (nSPS) is 11.6. The number of ether oxygens (including phenoxy) is 1. The molecule has 7 heteroatoms. The molecule has 0 aliphatic rings. The predicted molar refractivity (Wildman–Crippen MR) is 106 cm³/mol. The van der Waals surface area contributed by atoms with Crippen LogP contribution in [-0.2, 0) is 0 Å². The standard InChI is InChI=1S/C22H15ClF2N2O2/c23-20-12-16(9-10-18(20)19(13-26)14-5-2-1-3-6-14)27-21(28)15-7-4-8-17(11-15)29-22(24)25/h1-12,19,22H,(H,27,28). The molecule has 29 heavy (non-hydrogen) atoms. The van der Waals surface area contributed by atoms with E-state index >= 15 is 0 Å². The van der Waals surface area contributed by atoms with Crippen LogP contribution in [-0.4, -0.2) is 12.5 Å². The van der Waals surface area contributed by atoms with Crippen LogP contribution in [0, 0.1) is 11.3 Å². The van der Waals surface area contributed by atoms with E-state index in [1.807, 2.05) is 30.3 Å². The van der Waals surface area contributed by atoms with Crippen molar-refractivity contribution in [2.75, 3.05) is 5.32 Å². The van der Waals surface area contributed by atoms with Gasteiger partial charge >= 0.3 is 6.61 Å². The van der Waals surface area contributed by atoms with Crippen LogP contribution in [0.4, 0.5) is 14.5 Å². The Morgan fingerprint density at radius 1 is 1.03 bits per heavy atom. The van der Waals surface area contributed by atoms with Crippen molar-refractivity contribution in [1.82, 2.24) is 0 Å². The molecule has 0 aliphatic carbocycles. The van der Waals surface area contributed by atoms with Crippen molar-refractivity contribution in [1.29, 1.82) is 5.26 Å². The van der Waals surface area contributed by atoms with Crippen LogP contribution in [0.1, 0.15) is 27.4 Å². The second-order valence-corrected chi connectivity index (χ2v) is 6.48. The van der Waals surface area contributed by atoms with Gasteiger partial charge in [-0.1, -0.05) is 54.1 Å². The van der Waals surface area contributed by atoms with Crippen LogP contribution in [0.2, 0.25) is 5.02 Å². The van der Waals surface area contributed by atoms with E-state index < -0.39 is 18.4 Å². The minimum atomic E-state index is -2.97. The third-order valence-electron chi connectivity index (χ3n) is 4.15. The van der Waals surface area contributed by atoms with E-state index in [0.717, 1.165) is 5.56 Å². The maximum absolute atomic E-state index is 12.4. The van der Waals surface area contributed by atoms with Crippen molar-refractivity contribution >= 4 is 23.2 Å². The molecule has 0 heterocycles. The highest BCUT2D eigenvalue weighted by Crippen LogP contribution is 2.32. The fourth-order valence-corrected chi connectivity index (χ4v) is 3.11. The highest BCUT2D eigenvalue weighted by atomic mass is 35.5. The Morgan fingerprint density at radius 2 is 1.79 bits per heavy atom. The number of halogens is 3. The zero-order valence-electron chi connectivity index (χ0n) is 15.0. The molecule has 1 atom stereocenters. The molecule has 146 valence electrons. The number of nitrogens with one attached hydrogen (secondary N) is 1. The highest BCUT2D eigenvalue weighted by molar-refractivity contribution is 6.32. The first kappa shape index (κ1) is 20.3. The van der Waals surface area contributed by atoms with Gasteiger partial charge < -0.3 is 10.1 Å². The molecule has 0 aromatic heterocycles. The zero-order chi connectivity index (χ0) is 20.8. The van der Waals surface area contributed by atoms with E-state index in [1.165, 1.54) is 24.3 Å². The van der Waals surface area contributed by atoms with Crippen LogP contribution < -0.4 is 10.1 Å². The minimum absolute atomic E-state index is 0.110. The van der Waals surface area contributed by atoms with Crippen molar-refractivity contribution in [2.45, 2.75) is 12.5 Å². The summed E-state index contributed by atoms with van der Waals surface area (Å²) in [5, 5.41) is 12.5. The lowest BCUT2D eigenvalue weighted by Crippen LogP contribution is -2.12. The van der Waals surface area contributed by atoms with E-state index in [4.69, 9.17) is 11.6 Å². The summed E-state index contributed by atoms with van der Waals surface area (Å²) in [4.78, 5) is 12.4. The quantitative estimate of drug-likeness (QED) is 0.552. The van der Waals surface area contributed by atoms with Gasteiger partial charge in [-0.15, -0.1) is 0 Å². The maximum atomic E-state index is 12.4. The molecule has 4 nitrogen and oxygen atoms in total. The summed E-state index contributed by atoms with van der Waals surface area (Å²) in [6, 6.07) is 21.8. The van der Waals surface area contributed by atoms with Crippen molar-refractivity contribution in [3.05, 3.63) is 94.5 Å². The largest absolute Gasteiger partial charge is 0.435 e. The van der Waals surface area contributed by atoms with E-state index in [1.54, 1.807) is 18.2 Å². The molecular formula is C22H15ClF2N2O2. The number of amides is 1.